The van der Waals surface area contributed by atoms with Crippen LogP contribution in [0.5, 0.6) is 0 Å². The van der Waals surface area contributed by atoms with Crippen LogP contribution in [0.1, 0.15) is 106 Å². The molecule has 4 unspecified atom stereocenters. The number of sulfonamides is 2. The molecule has 0 amide bonds. The predicted octanol–water partition coefficient (Wildman–Crippen LogP) is 10.7. The highest BCUT2D eigenvalue weighted by molar-refractivity contribution is 8.23. The molecule has 0 spiro atoms. The number of alkyl halides is 18. The van der Waals surface area contributed by atoms with E-state index in [9.17, 15) is 149 Å². The normalized spacial score (nSPS) is 15.9. The summed E-state index contributed by atoms with van der Waals surface area (Å²) in [5, 5.41) is -14.3. The number of hydrogen-bond donors (Lipinski definition) is 4. The quantitative estimate of drug-likeness (QED) is 0.0145. The van der Waals surface area contributed by atoms with E-state index in [0.29, 0.717) is 23.5 Å². The number of carbonyl (C=O) groups is 5. The molecule has 4 atom stereocenters. The summed E-state index contributed by atoms with van der Waals surface area (Å²) in [6.45, 7) is 0.722. The molecule has 0 aromatic rings. The van der Waals surface area contributed by atoms with Crippen LogP contribution in [-0.2, 0) is 86.3 Å². The Morgan fingerprint density at radius 2 is 0.743 bits per heavy atom. The van der Waals surface area contributed by atoms with Crippen molar-refractivity contribution in [2.75, 3.05) is 84.6 Å². The van der Waals surface area contributed by atoms with Crippen molar-refractivity contribution in [2.24, 2.45) is 28.6 Å². The van der Waals surface area contributed by atoms with Crippen molar-refractivity contribution < 1.29 is 182 Å². The fraction of sp³-hybridized carbons (Fsp3) is 0.863. The van der Waals surface area contributed by atoms with Crippen LogP contribution in [0.3, 0.4) is 0 Å². The molecule has 0 rings (SSSR count). The highest BCUT2D eigenvalue weighted by Crippen LogP contribution is 2.57. The standard InChI is InChI=1S/C51H76F18N2O22P2S6/c1-30(2)92-40(96)98-28-42(5,38(75)90-22-20-70(7)100(83,84)50(66,67)46(56,57)44(52,53)48(60,61)62)18-10-12-32(36(73)88-24-26-94(77,78)79)14-16-34(35(72)87-9)17-15-33(37(74)89-25-27-95(80,81)82)13-11-19-43(6,29-99-41(97)93-31(3)4)39(76)91-23-21-71(8)101(85,86)51(68,69)47(58,59)45(54,55)49(63,64)65/h30-34H,10-29H2,1-9H3,(H2,77,78,79)(H2,80,81,82). The molecule has 0 aliphatic rings. The molecule has 594 valence electrons. The number of likely N-dealkylation sites (N-methyl/N-ethyl adjacent to an activating group) is 2. The molecule has 24 nitrogen and oxygen atoms in total. The van der Waals surface area contributed by atoms with Gasteiger partial charge in [-0.05, 0) is 117 Å². The highest BCUT2D eigenvalue weighted by atomic mass is 32.2. The number of hydrogen-bond acceptors (Lipinski definition) is 22. The summed E-state index contributed by atoms with van der Waals surface area (Å²) in [7, 11) is -23.0. The summed E-state index contributed by atoms with van der Waals surface area (Å²) in [5.74, 6) is -41.7. The van der Waals surface area contributed by atoms with Crippen molar-refractivity contribution in [1.29, 1.82) is 0 Å². The van der Waals surface area contributed by atoms with Crippen molar-refractivity contribution in [3.63, 3.8) is 0 Å². The fourth-order valence-electron chi connectivity index (χ4n) is 8.27. The third kappa shape index (κ3) is 27.8. The monoisotopic (exact) mass is 1660 g/mol. The molecule has 0 aliphatic heterocycles. The van der Waals surface area contributed by atoms with Crippen molar-refractivity contribution in [3.8, 4) is 0 Å². The molecular formula is C51H76F18N2O22P2S6. The summed E-state index contributed by atoms with van der Waals surface area (Å²) >= 11 is 11.7. The number of esters is 5. The van der Waals surface area contributed by atoms with Gasteiger partial charge in [-0.3, -0.25) is 33.1 Å². The predicted molar refractivity (Wildman–Crippen MR) is 330 cm³/mol. The molecule has 0 saturated heterocycles. The molecule has 0 radical (unpaired) electrons. The Bertz CT molecular complexity index is 2940. The molecule has 4 N–H and O–H groups in total. The van der Waals surface area contributed by atoms with E-state index in [2.05, 4.69) is 0 Å². The number of nitrogens with zero attached hydrogens (tertiary/aromatic N) is 2. The lowest BCUT2D eigenvalue weighted by Gasteiger charge is -2.34. The second-order valence-electron chi connectivity index (χ2n) is 23.4. The maximum Gasteiger partial charge on any atom is 0.460 e. The van der Waals surface area contributed by atoms with E-state index in [0.717, 1.165) is 21.0 Å². The number of methoxy groups -OCH3 is 1. The summed E-state index contributed by atoms with van der Waals surface area (Å²) in [6.07, 6.45) is -21.9. The first-order valence-electron chi connectivity index (χ1n) is 29.1. The fourth-order valence-corrected chi connectivity index (χ4v) is 13.9. The van der Waals surface area contributed by atoms with Crippen LogP contribution in [-0.4, -0.2) is 227 Å². The van der Waals surface area contributed by atoms with Gasteiger partial charge in [0.1, 0.15) is 26.4 Å². The van der Waals surface area contributed by atoms with Crippen LogP contribution in [0.4, 0.5) is 79.0 Å². The number of thioether (sulfide) groups is 2. The van der Waals surface area contributed by atoms with Crippen LogP contribution in [0.25, 0.3) is 0 Å². The van der Waals surface area contributed by atoms with Gasteiger partial charge < -0.3 is 52.7 Å². The van der Waals surface area contributed by atoms with Crippen molar-refractivity contribution in [1.82, 2.24) is 8.61 Å². The van der Waals surface area contributed by atoms with E-state index in [4.69, 9.17) is 57.6 Å². The lowest BCUT2D eigenvalue weighted by Crippen LogP contribution is -2.65. The summed E-state index contributed by atoms with van der Waals surface area (Å²) < 4.78 is 353. The first-order valence-corrected chi connectivity index (χ1v) is 38.3. The third-order valence-electron chi connectivity index (χ3n) is 14.4. The van der Waals surface area contributed by atoms with Crippen LogP contribution >= 0.6 is 63.2 Å². The minimum atomic E-state index is -7.60. The van der Waals surface area contributed by atoms with Gasteiger partial charge in [0.05, 0.1) is 60.2 Å². The van der Waals surface area contributed by atoms with Gasteiger partial charge >= 0.3 is 91.6 Å². The lowest BCUT2D eigenvalue weighted by molar-refractivity contribution is -0.382. The molecule has 101 heavy (non-hydrogen) atoms. The topological polar surface area (TPSA) is 340 Å². The molecule has 0 saturated carbocycles. The minimum absolute atomic E-state index is 0.0467. The average Bonchev–Trinajstić information content (AvgIpc) is 0.725. The molecule has 0 bridgehead atoms. The van der Waals surface area contributed by atoms with Crippen molar-refractivity contribution in [3.05, 3.63) is 0 Å². The van der Waals surface area contributed by atoms with E-state index < -0.39 is 276 Å². The minimum Gasteiger partial charge on any atom is -0.476 e. The Labute approximate surface area is 587 Å². The molecule has 0 fully saturated rings. The molecule has 0 aromatic heterocycles. The van der Waals surface area contributed by atoms with Gasteiger partial charge in [0.15, 0.2) is 0 Å². The van der Waals surface area contributed by atoms with Gasteiger partial charge in [0, 0.05) is 38.7 Å². The zero-order valence-corrected chi connectivity index (χ0v) is 61.4. The van der Waals surface area contributed by atoms with E-state index in [1.54, 1.807) is 0 Å². The van der Waals surface area contributed by atoms with Gasteiger partial charge in [-0.1, -0.05) is 36.4 Å². The Morgan fingerprint density at radius 3 is 0.990 bits per heavy atom. The zero-order valence-electron chi connectivity index (χ0n) is 54.7. The number of thiocarbonyl (C=S) groups is 2. The Morgan fingerprint density at radius 1 is 0.465 bits per heavy atom. The van der Waals surface area contributed by atoms with Gasteiger partial charge in [0.25, 0.3) is 20.0 Å². The maximum atomic E-state index is 14.6. The van der Waals surface area contributed by atoms with E-state index in [1.165, 1.54) is 27.7 Å². The molecule has 50 heteroatoms. The Hall–Kier alpha value is -3.31. The number of rotatable bonds is 45. The second kappa shape index (κ2) is 38.5. The third-order valence-corrected chi connectivity index (χ3v) is 22.9. The number of carbonyl (C=O) groups excluding carboxylic acids is 5. The molecule has 0 aliphatic carbocycles. The van der Waals surface area contributed by atoms with E-state index in [-0.39, 0.29) is 35.7 Å². The van der Waals surface area contributed by atoms with Gasteiger partial charge in [-0.25, -0.2) is 16.8 Å². The van der Waals surface area contributed by atoms with Crippen molar-refractivity contribution in [2.45, 2.75) is 165 Å². The second-order valence-corrected chi connectivity index (χ2v) is 34.3. The lowest BCUT2D eigenvalue weighted by atomic mass is 9.82. The van der Waals surface area contributed by atoms with Crippen molar-refractivity contribution >= 4 is 122 Å². The average molecular weight is 1670 g/mol. The summed E-state index contributed by atoms with van der Waals surface area (Å²) in [5.41, 5.74) is -3.81. The van der Waals surface area contributed by atoms with Gasteiger partial charge in [-0.15, -0.1) is 0 Å². The summed E-state index contributed by atoms with van der Waals surface area (Å²) in [6, 6.07) is 0. The first-order chi connectivity index (χ1) is 45.2. The van der Waals surface area contributed by atoms with E-state index >= 15 is 0 Å². The highest BCUT2D eigenvalue weighted by Gasteiger charge is 2.87. The first kappa shape index (κ1) is 97.7. The molecular weight excluding hydrogens is 1590 g/mol. The number of ether oxygens (including phenoxy) is 7. The maximum absolute atomic E-state index is 14.6. The summed E-state index contributed by atoms with van der Waals surface area (Å²) in [4.78, 5) is 106. The Kier molecular flexibility index (Phi) is 37.2. The SMILES string of the molecule is COC(=O)C(CCC(CCCC(C)(CSC(=S)OC(C)C)C(=O)OCCN(C)S(=O)(=O)C(F)(F)C(F)(F)C(F)(F)C(F)(F)F)C(=O)OCCP(=O)(O)O)CCC(CCCC(C)(CSC(=S)OC(C)C)C(=O)OCCN(C)S(=O)(=O)C(F)(F)C(F)(F)C(F)(F)C(F)(F)F)C(=O)OCCP(=O)(O)O. The van der Waals surface area contributed by atoms with Crippen LogP contribution in [0.15, 0.2) is 0 Å². The Balaban J connectivity index is 7.20. The van der Waals surface area contributed by atoms with E-state index in [1.807, 2.05) is 0 Å². The smallest absolute Gasteiger partial charge is 0.460 e. The van der Waals surface area contributed by atoms with Crippen LogP contribution in [0.2, 0.25) is 0 Å². The molecule has 0 aromatic carbocycles. The largest absolute Gasteiger partial charge is 0.476 e. The molecule has 0 heterocycles. The van der Waals surface area contributed by atoms with Crippen LogP contribution in [0, 0.1) is 28.6 Å². The zero-order chi connectivity index (χ0) is 79.6. The van der Waals surface area contributed by atoms with Crippen LogP contribution < -0.4 is 0 Å². The number of halogens is 18. The van der Waals surface area contributed by atoms with Gasteiger partial charge in [-0.2, -0.15) is 87.6 Å². The van der Waals surface area contributed by atoms with Gasteiger partial charge in [0.2, 0.25) is 8.77 Å².